The van der Waals surface area contributed by atoms with Crippen LogP contribution in [0.3, 0.4) is 0 Å². The van der Waals surface area contributed by atoms with Gasteiger partial charge in [-0.2, -0.15) is 8.42 Å². The lowest BCUT2D eigenvalue weighted by atomic mass is 9.92. The second kappa shape index (κ2) is 5.04. The zero-order valence-corrected chi connectivity index (χ0v) is 14.7. The Balaban J connectivity index is 1.81. The maximum absolute atomic E-state index is 12.5. The molecule has 1 fully saturated rings. The quantitative estimate of drug-likeness (QED) is 0.749. The lowest BCUT2D eigenvalue weighted by Crippen LogP contribution is -2.31. The predicted molar refractivity (Wildman–Crippen MR) is 89.9 cm³/mol. The molecule has 1 heterocycles. The van der Waals surface area contributed by atoms with Crippen LogP contribution in [0.2, 0.25) is 5.02 Å². The molecule has 1 aromatic carbocycles. The Kier molecular flexibility index (Phi) is 3.38. The van der Waals surface area contributed by atoms with E-state index in [0.29, 0.717) is 11.8 Å². The van der Waals surface area contributed by atoms with E-state index in [0.717, 1.165) is 18.9 Å². The monoisotopic (exact) mass is 387 g/mol. The Bertz CT molecular complexity index is 1010. The molecule has 1 aromatic rings. The summed E-state index contributed by atoms with van der Waals surface area (Å²) >= 11 is 5.96. The number of nitrogens with zero attached hydrogens (tertiary/aromatic N) is 1. The van der Waals surface area contributed by atoms with Crippen molar-refractivity contribution in [1.82, 2.24) is 0 Å². The second-order valence-corrected chi connectivity index (χ2v) is 9.80. The number of primary sulfonamides is 1. The maximum atomic E-state index is 12.5. The van der Waals surface area contributed by atoms with Crippen LogP contribution in [-0.4, -0.2) is 22.7 Å². The number of hydrogen-bond donors (Lipinski definition) is 2. The van der Waals surface area contributed by atoms with Crippen molar-refractivity contribution < 1.29 is 16.8 Å². The van der Waals surface area contributed by atoms with E-state index < -0.39 is 24.9 Å². The number of allylic oxidation sites excluding steroid dienone is 2. The lowest BCUT2D eigenvalue weighted by molar-refractivity contribution is 0.576. The van der Waals surface area contributed by atoms with E-state index in [-0.39, 0.29) is 27.4 Å². The second-order valence-electron chi connectivity index (χ2n) is 6.29. The Morgan fingerprint density at radius 3 is 2.58 bits per heavy atom. The van der Waals surface area contributed by atoms with Crippen LogP contribution < -0.4 is 10.5 Å². The molecule has 3 atom stereocenters. The number of benzene rings is 1. The molecule has 128 valence electrons. The molecule has 3 unspecified atom stereocenters. The van der Waals surface area contributed by atoms with Gasteiger partial charge in [-0.25, -0.2) is 13.6 Å². The van der Waals surface area contributed by atoms with Gasteiger partial charge in [0.25, 0.3) is 10.0 Å². The smallest absolute Gasteiger partial charge is 0.286 e. The van der Waals surface area contributed by atoms with Crippen LogP contribution in [0.15, 0.2) is 38.5 Å². The topological polar surface area (TPSA) is 119 Å². The first-order valence-electron chi connectivity index (χ1n) is 7.32. The molecule has 7 nitrogen and oxygen atoms in total. The van der Waals surface area contributed by atoms with E-state index in [4.69, 9.17) is 16.7 Å². The van der Waals surface area contributed by atoms with Gasteiger partial charge in [0, 0.05) is 5.92 Å². The van der Waals surface area contributed by atoms with Crippen LogP contribution in [0.4, 0.5) is 5.69 Å². The third kappa shape index (κ3) is 2.46. The van der Waals surface area contributed by atoms with Crippen molar-refractivity contribution in [3.05, 3.63) is 29.3 Å². The molecule has 1 saturated carbocycles. The van der Waals surface area contributed by atoms with Crippen molar-refractivity contribution >= 4 is 43.2 Å². The molecular formula is C14H14ClN3O4S2. The van der Waals surface area contributed by atoms with E-state index in [1.165, 1.54) is 6.07 Å². The summed E-state index contributed by atoms with van der Waals surface area (Å²) < 4.78 is 52.0. The number of nitrogens with two attached hydrogens (primary N) is 1. The Morgan fingerprint density at radius 2 is 2.00 bits per heavy atom. The van der Waals surface area contributed by atoms with E-state index in [1.807, 2.05) is 0 Å². The van der Waals surface area contributed by atoms with Crippen molar-refractivity contribution in [2.75, 3.05) is 5.32 Å². The Morgan fingerprint density at radius 1 is 1.25 bits per heavy atom. The van der Waals surface area contributed by atoms with Gasteiger partial charge >= 0.3 is 0 Å². The fraction of sp³-hybridized carbons (Fsp3) is 0.357. The molecule has 3 N–H and O–H groups in total. The van der Waals surface area contributed by atoms with Gasteiger partial charge in [0.15, 0.2) is 0 Å². The molecule has 0 amide bonds. The zero-order chi connectivity index (χ0) is 17.3. The third-order valence-electron chi connectivity index (χ3n) is 4.73. The molecule has 2 bridgehead atoms. The minimum atomic E-state index is -4.14. The van der Waals surface area contributed by atoms with E-state index in [2.05, 4.69) is 21.9 Å². The van der Waals surface area contributed by atoms with Gasteiger partial charge in [-0.3, -0.25) is 0 Å². The Hall–Kier alpha value is -1.42. The van der Waals surface area contributed by atoms with Gasteiger partial charge in [0.2, 0.25) is 10.0 Å². The highest BCUT2D eigenvalue weighted by atomic mass is 35.5. The average Bonchev–Trinajstić information content (AvgIpc) is 3.06. The number of sulfonamides is 2. The summed E-state index contributed by atoms with van der Waals surface area (Å²) in [5, 5.41) is 7.96. The summed E-state index contributed by atoms with van der Waals surface area (Å²) in [5.41, 5.74) is 0.226. The summed E-state index contributed by atoms with van der Waals surface area (Å²) in [7, 11) is -8.16. The molecule has 4 rings (SSSR count). The van der Waals surface area contributed by atoms with Crippen LogP contribution in [0, 0.1) is 17.8 Å². The number of anilines is 1. The molecule has 10 heteroatoms. The van der Waals surface area contributed by atoms with Gasteiger partial charge < -0.3 is 5.32 Å². The normalized spacial score (nSPS) is 29.9. The number of rotatable bonds is 2. The molecule has 0 spiro atoms. The van der Waals surface area contributed by atoms with Crippen LogP contribution >= 0.6 is 11.6 Å². The van der Waals surface area contributed by atoms with Crippen molar-refractivity contribution in [1.29, 1.82) is 0 Å². The van der Waals surface area contributed by atoms with Gasteiger partial charge in [0.1, 0.15) is 15.6 Å². The maximum Gasteiger partial charge on any atom is 0.286 e. The lowest BCUT2D eigenvalue weighted by Gasteiger charge is -2.26. The van der Waals surface area contributed by atoms with Crippen molar-refractivity contribution in [3.63, 3.8) is 0 Å². The van der Waals surface area contributed by atoms with E-state index >= 15 is 0 Å². The number of hydrogen-bond acceptors (Lipinski definition) is 5. The Labute approximate surface area is 144 Å². The first kappa shape index (κ1) is 16.1. The minimum Gasteiger partial charge on any atom is -0.342 e. The summed E-state index contributed by atoms with van der Waals surface area (Å²) in [6, 6.07) is 2.22. The van der Waals surface area contributed by atoms with Gasteiger partial charge in [-0.1, -0.05) is 23.8 Å². The molecule has 0 aromatic heterocycles. The standard InChI is InChI=1S/C14H14ClN3O4S2/c15-10-5-11-13(6-12(10)23(16,19)20)24(21,22)18-14(17-11)9-4-7-1-2-8(9)3-7/h1-2,5-9H,3-4H2,(H,17,18)(H2,16,19,20). The van der Waals surface area contributed by atoms with Crippen molar-refractivity contribution in [3.8, 4) is 0 Å². The summed E-state index contributed by atoms with van der Waals surface area (Å²) in [5.74, 6) is 1.14. The molecular weight excluding hydrogens is 374 g/mol. The van der Waals surface area contributed by atoms with Gasteiger partial charge in [-0.15, -0.1) is 4.40 Å². The SMILES string of the molecule is NS(=O)(=O)c1cc2c(cc1Cl)NC(C1CC3C=CC1C3)=NS2(=O)=O. The van der Waals surface area contributed by atoms with Crippen molar-refractivity contribution in [2.45, 2.75) is 22.6 Å². The molecule has 0 radical (unpaired) electrons. The highest BCUT2D eigenvalue weighted by Crippen LogP contribution is 2.45. The number of fused-ring (bicyclic) bond motifs is 3. The summed E-state index contributed by atoms with van der Waals surface area (Å²) in [6.07, 6.45) is 6.11. The predicted octanol–water partition coefficient (Wildman–Crippen LogP) is 1.71. The largest absolute Gasteiger partial charge is 0.342 e. The molecule has 1 aliphatic heterocycles. The molecule has 2 aliphatic carbocycles. The zero-order valence-electron chi connectivity index (χ0n) is 12.3. The highest BCUT2D eigenvalue weighted by molar-refractivity contribution is 7.91. The molecule has 3 aliphatic rings. The first-order valence-corrected chi connectivity index (χ1v) is 10.7. The van der Waals surface area contributed by atoms with Crippen LogP contribution in [0.1, 0.15) is 12.8 Å². The molecule has 0 saturated heterocycles. The minimum absolute atomic E-state index is 0.0135. The number of halogens is 1. The van der Waals surface area contributed by atoms with Crippen molar-refractivity contribution in [2.24, 2.45) is 27.3 Å². The number of amidine groups is 1. The first-order chi connectivity index (χ1) is 11.1. The fourth-order valence-corrected chi connectivity index (χ4v) is 6.03. The third-order valence-corrected chi connectivity index (χ3v) is 7.44. The van der Waals surface area contributed by atoms with E-state index in [9.17, 15) is 16.8 Å². The van der Waals surface area contributed by atoms with E-state index in [1.54, 1.807) is 0 Å². The van der Waals surface area contributed by atoms with Crippen LogP contribution in [-0.2, 0) is 20.0 Å². The average molecular weight is 388 g/mol. The van der Waals surface area contributed by atoms with Crippen LogP contribution in [0.25, 0.3) is 0 Å². The fourth-order valence-electron chi connectivity index (χ4n) is 3.66. The highest BCUT2D eigenvalue weighted by Gasteiger charge is 2.41. The van der Waals surface area contributed by atoms with Crippen LogP contribution in [0.5, 0.6) is 0 Å². The van der Waals surface area contributed by atoms with Gasteiger partial charge in [0.05, 0.1) is 10.7 Å². The summed E-state index contributed by atoms with van der Waals surface area (Å²) in [4.78, 5) is -0.673. The number of nitrogens with one attached hydrogen (secondary N) is 1. The summed E-state index contributed by atoms with van der Waals surface area (Å²) in [6.45, 7) is 0. The van der Waals surface area contributed by atoms with Gasteiger partial charge in [-0.05, 0) is 36.8 Å². The molecule has 24 heavy (non-hydrogen) atoms.